The number of ether oxygens (including phenoxy) is 2. The van der Waals surface area contributed by atoms with Crippen molar-refractivity contribution in [3.63, 3.8) is 0 Å². The SMILES string of the molecule is CCOc1ccc(/C(O)=C2/C(=O)C(=O)N(c3ccc(F)c(F)c3)C2c2cccnc2)c(OCC)c1. The van der Waals surface area contributed by atoms with Crippen molar-refractivity contribution in [2.24, 2.45) is 0 Å². The Bertz CT molecular complexity index is 1310. The van der Waals surface area contributed by atoms with Crippen LogP contribution in [0.25, 0.3) is 5.76 Å². The molecule has 2 heterocycles. The topological polar surface area (TPSA) is 89.0 Å². The maximum absolute atomic E-state index is 14.0. The van der Waals surface area contributed by atoms with E-state index in [9.17, 15) is 23.5 Å². The van der Waals surface area contributed by atoms with Gasteiger partial charge in [-0.2, -0.15) is 0 Å². The molecule has 0 bridgehead atoms. The number of hydrogen-bond donors (Lipinski definition) is 1. The normalized spacial score (nSPS) is 17.0. The third-order valence-corrected chi connectivity index (χ3v) is 5.44. The third-order valence-electron chi connectivity index (χ3n) is 5.44. The number of aliphatic hydroxyl groups is 1. The number of anilines is 1. The first-order chi connectivity index (χ1) is 16.9. The Morgan fingerprint density at radius 3 is 2.46 bits per heavy atom. The van der Waals surface area contributed by atoms with Crippen molar-refractivity contribution in [2.75, 3.05) is 18.1 Å². The van der Waals surface area contributed by atoms with Crippen LogP contribution in [0.3, 0.4) is 0 Å². The van der Waals surface area contributed by atoms with Crippen molar-refractivity contribution in [2.45, 2.75) is 19.9 Å². The van der Waals surface area contributed by atoms with Crippen LogP contribution >= 0.6 is 0 Å². The molecule has 0 radical (unpaired) electrons. The van der Waals surface area contributed by atoms with Gasteiger partial charge in [0, 0.05) is 30.2 Å². The van der Waals surface area contributed by atoms with E-state index < -0.39 is 35.1 Å². The van der Waals surface area contributed by atoms with E-state index in [1.165, 1.54) is 24.5 Å². The molecular weight excluding hydrogens is 458 g/mol. The molecule has 1 fully saturated rings. The van der Waals surface area contributed by atoms with Gasteiger partial charge in [0.15, 0.2) is 11.6 Å². The molecule has 1 amide bonds. The highest BCUT2D eigenvalue weighted by Crippen LogP contribution is 2.43. The van der Waals surface area contributed by atoms with Crippen LogP contribution in [0, 0.1) is 11.6 Å². The second-order valence-electron chi connectivity index (χ2n) is 7.58. The van der Waals surface area contributed by atoms with Gasteiger partial charge in [0.2, 0.25) is 0 Å². The van der Waals surface area contributed by atoms with Crippen LogP contribution in [0.4, 0.5) is 14.5 Å². The summed E-state index contributed by atoms with van der Waals surface area (Å²) in [7, 11) is 0. The summed E-state index contributed by atoms with van der Waals surface area (Å²) in [5.74, 6) is -4.00. The molecule has 1 unspecified atom stereocenters. The van der Waals surface area contributed by atoms with E-state index in [0.717, 1.165) is 17.0 Å². The first-order valence-corrected chi connectivity index (χ1v) is 10.9. The van der Waals surface area contributed by atoms with Crippen molar-refractivity contribution >= 4 is 23.1 Å². The average molecular weight is 480 g/mol. The number of ketones is 1. The van der Waals surface area contributed by atoms with Gasteiger partial charge in [-0.25, -0.2) is 8.78 Å². The Balaban J connectivity index is 1.93. The Morgan fingerprint density at radius 2 is 1.80 bits per heavy atom. The fourth-order valence-corrected chi connectivity index (χ4v) is 3.96. The van der Waals surface area contributed by atoms with Crippen molar-refractivity contribution < 1.29 is 33.0 Å². The summed E-state index contributed by atoms with van der Waals surface area (Å²) in [6.45, 7) is 4.26. The van der Waals surface area contributed by atoms with E-state index in [1.807, 2.05) is 6.92 Å². The van der Waals surface area contributed by atoms with Gasteiger partial charge < -0.3 is 14.6 Å². The van der Waals surface area contributed by atoms with E-state index in [1.54, 1.807) is 31.2 Å². The van der Waals surface area contributed by atoms with Crippen LogP contribution < -0.4 is 14.4 Å². The Labute approximate surface area is 200 Å². The zero-order valence-electron chi connectivity index (χ0n) is 19.0. The molecule has 1 atom stereocenters. The van der Waals surface area contributed by atoms with Crippen LogP contribution in [0.5, 0.6) is 11.5 Å². The molecule has 0 spiro atoms. The lowest BCUT2D eigenvalue weighted by Crippen LogP contribution is -2.29. The lowest BCUT2D eigenvalue weighted by Gasteiger charge is -2.25. The van der Waals surface area contributed by atoms with Crippen molar-refractivity contribution in [1.82, 2.24) is 4.98 Å². The number of pyridine rings is 1. The summed E-state index contributed by atoms with van der Waals surface area (Å²) >= 11 is 0. The largest absolute Gasteiger partial charge is 0.507 e. The van der Waals surface area contributed by atoms with Crippen LogP contribution in [-0.4, -0.2) is 35.0 Å². The van der Waals surface area contributed by atoms with Gasteiger partial charge >= 0.3 is 0 Å². The first kappa shape index (κ1) is 23.9. The maximum atomic E-state index is 14.0. The number of halogens is 2. The van der Waals surface area contributed by atoms with Crippen molar-refractivity contribution in [1.29, 1.82) is 0 Å². The van der Waals surface area contributed by atoms with Gasteiger partial charge in [-0.1, -0.05) is 6.07 Å². The van der Waals surface area contributed by atoms with Gasteiger partial charge in [0.25, 0.3) is 11.7 Å². The molecule has 1 N–H and O–H groups in total. The second kappa shape index (κ2) is 9.92. The fourth-order valence-electron chi connectivity index (χ4n) is 3.96. The molecule has 0 saturated carbocycles. The number of benzene rings is 2. The number of Topliss-reactive ketones (excluding diaryl/α,β-unsaturated/α-hetero) is 1. The third kappa shape index (κ3) is 4.44. The Hall–Kier alpha value is -4.27. The van der Waals surface area contributed by atoms with Crippen LogP contribution in [-0.2, 0) is 9.59 Å². The van der Waals surface area contributed by atoms with Crippen LogP contribution in [0.15, 0.2) is 66.5 Å². The summed E-state index contributed by atoms with van der Waals surface area (Å²) in [6.07, 6.45) is 2.94. The second-order valence-corrected chi connectivity index (χ2v) is 7.58. The Kier molecular flexibility index (Phi) is 6.77. The monoisotopic (exact) mass is 480 g/mol. The molecule has 4 rings (SSSR count). The molecule has 7 nitrogen and oxygen atoms in total. The number of carbonyl (C=O) groups excluding carboxylic acids is 2. The molecule has 1 aromatic heterocycles. The summed E-state index contributed by atoms with van der Waals surface area (Å²) in [5, 5.41) is 11.3. The van der Waals surface area contributed by atoms with Crippen molar-refractivity contribution in [3.05, 3.63) is 89.3 Å². The molecule has 2 aromatic carbocycles. The van der Waals surface area contributed by atoms with Crippen LogP contribution in [0.2, 0.25) is 0 Å². The van der Waals surface area contributed by atoms with Gasteiger partial charge in [-0.05, 0) is 49.7 Å². The predicted molar refractivity (Wildman–Crippen MR) is 124 cm³/mol. The standard InChI is InChI=1S/C26H22F2N2O5/c1-3-34-17-8-9-18(21(13-17)35-4-2)24(31)22-23(15-6-5-11-29-14-15)30(26(33)25(22)32)16-7-10-19(27)20(28)12-16/h5-14,23,31H,3-4H2,1-2H3/b24-22-. The van der Waals surface area contributed by atoms with Gasteiger partial charge in [-0.15, -0.1) is 0 Å². The minimum Gasteiger partial charge on any atom is -0.507 e. The summed E-state index contributed by atoms with van der Waals surface area (Å²) in [5.41, 5.74) is 0.280. The average Bonchev–Trinajstić information content (AvgIpc) is 3.12. The lowest BCUT2D eigenvalue weighted by molar-refractivity contribution is -0.132. The smallest absolute Gasteiger partial charge is 0.300 e. The highest BCUT2D eigenvalue weighted by molar-refractivity contribution is 6.51. The molecule has 1 saturated heterocycles. The quantitative estimate of drug-likeness (QED) is 0.297. The lowest BCUT2D eigenvalue weighted by atomic mass is 9.95. The van der Waals surface area contributed by atoms with E-state index in [-0.39, 0.29) is 29.2 Å². The van der Waals surface area contributed by atoms with Gasteiger partial charge in [-0.3, -0.25) is 19.5 Å². The number of hydrogen-bond acceptors (Lipinski definition) is 6. The molecule has 35 heavy (non-hydrogen) atoms. The maximum Gasteiger partial charge on any atom is 0.300 e. The number of aromatic nitrogens is 1. The molecule has 3 aromatic rings. The summed E-state index contributed by atoms with van der Waals surface area (Å²) in [4.78, 5) is 31.4. The van der Waals surface area contributed by atoms with Crippen LogP contribution in [0.1, 0.15) is 31.0 Å². The van der Waals surface area contributed by atoms with Gasteiger partial charge in [0.1, 0.15) is 17.3 Å². The van der Waals surface area contributed by atoms with E-state index in [2.05, 4.69) is 4.98 Å². The number of nitrogens with zero attached hydrogens (tertiary/aromatic N) is 2. The highest BCUT2D eigenvalue weighted by atomic mass is 19.2. The highest BCUT2D eigenvalue weighted by Gasteiger charge is 2.47. The number of carbonyl (C=O) groups is 2. The molecule has 1 aliphatic rings. The first-order valence-electron chi connectivity index (χ1n) is 10.9. The number of amides is 1. The molecule has 9 heteroatoms. The molecular formula is C26H22F2N2O5. The van der Waals surface area contributed by atoms with Gasteiger partial charge in [0.05, 0.1) is 30.4 Å². The minimum atomic E-state index is -1.18. The summed E-state index contributed by atoms with van der Waals surface area (Å²) in [6, 6.07) is 9.66. The molecule has 1 aliphatic heterocycles. The Morgan fingerprint density at radius 1 is 1.03 bits per heavy atom. The zero-order valence-corrected chi connectivity index (χ0v) is 19.0. The molecule has 180 valence electrons. The van der Waals surface area contributed by atoms with E-state index >= 15 is 0 Å². The zero-order chi connectivity index (χ0) is 25.1. The fraction of sp³-hybridized carbons (Fsp3) is 0.192. The molecule has 0 aliphatic carbocycles. The number of aliphatic hydroxyl groups excluding tert-OH is 1. The number of rotatable bonds is 7. The van der Waals surface area contributed by atoms with Crippen molar-refractivity contribution in [3.8, 4) is 11.5 Å². The summed E-state index contributed by atoms with van der Waals surface area (Å²) < 4.78 is 38.8. The minimum absolute atomic E-state index is 0.0457. The predicted octanol–water partition coefficient (Wildman–Crippen LogP) is 4.78. The van der Waals surface area contributed by atoms with E-state index in [4.69, 9.17) is 9.47 Å². The van der Waals surface area contributed by atoms with E-state index in [0.29, 0.717) is 17.9 Å².